The maximum absolute atomic E-state index is 10.8. The van der Waals surface area contributed by atoms with Crippen LogP contribution in [0.25, 0.3) is 0 Å². The van der Waals surface area contributed by atoms with Crippen LogP contribution in [-0.4, -0.2) is 18.6 Å². The van der Waals surface area contributed by atoms with E-state index in [1.54, 1.807) is 6.92 Å². The molecule has 1 aliphatic rings. The molecule has 0 heterocycles. The Morgan fingerprint density at radius 1 is 1.73 bits per heavy atom. The van der Waals surface area contributed by atoms with Crippen molar-refractivity contribution in [3.63, 3.8) is 0 Å². The molecule has 0 amide bonds. The van der Waals surface area contributed by atoms with Gasteiger partial charge in [-0.1, -0.05) is 12.8 Å². The van der Waals surface area contributed by atoms with Gasteiger partial charge in [0.05, 0.1) is 6.61 Å². The van der Waals surface area contributed by atoms with Crippen LogP contribution in [0.3, 0.4) is 0 Å². The number of ether oxygens (including phenoxy) is 1. The highest BCUT2D eigenvalue weighted by Gasteiger charge is 2.21. The van der Waals surface area contributed by atoms with E-state index in [4.69, 9.17) is 10.5 Å². The lowest BCUT2D eigenvalue weighted by Gasteiger charge is -2.05. The summed E-state index contributed by atoms with van der Waals surface area (Å²) in [5.74, 6) is 0.529. The van der Waals surface area contributed by atoms with Crippen LogP contribution in [0.15, 0.2) is 0 Å². The summed E-state index contributed by atoms with van der Waals surface area (Å²) in [4.78, 5) is 10.8. The van der Waals surface area contributed by atoms with Crippen molar-refractivity contribution in [2.45, 2.75) is 32.2 Å². The SMILES string of the molecule is C[C@@H](N)C(=O)OCCC1CC1. The van der Waals surface area contributed by atoms with Gasteiger partial charge >= 0.3 is 5.97 Å². The first-order valence-electron chi connectivity index (χ1n) is 4.12. The van der Waals surface area contributed by atoms with Crippen molar-refractivity contribution in [3.8, 4) is 0 Å². The van der Waals surface area contributed by atoms with E-state index in [1.165, 1.54) is 12.8 Å². The number of carbonyl (C=O) groups is 1. The van der Waals surface area contributed by atoms with Gasteiger partial charge in [0.1, 0.15) is 6.04 Å². The van der Waals surface area contributed by atoms with E-state index in [1.807, 2.05) is 0 Å². The highest BCUT2D eigenvalue weighted by atomic mass is 16.5. The molecular weight excluding hydrogens is 142 g/mol. The first-order chi connectivity index (χ1) is 5.20. The molecule has 0 aromatic rings. The van der Waals surface area contributed by atoms with Crippen LogP contribution in [0.4, 0.5) is 0 Å². The summed E-state index contributed by atoms with van der Waals surface area (Å²) < 4.78 is 4.89. The van der Waals surface area contributed by atoms with Gasteiger partial charge in [-0.3, -0.25) is 4.79 Å². The van der Waals surface area contributed by atoms with Crippen molar-refractivity contribution in [3.05, 3.63) is 0 Å². The number of hydrogen-bond acceptors (Lipinski definition) is 3. The largest absolute Gasteiger partial charge is 0.465 e. The fourth-order valence-corrected chi connectivity index (χ4v) is 0.864. The molecule has 1 atom stereocenters. The van der Waals surface area contributed by atoms with Crippen molar-refractivity contribution in [2.75, 3.05) is 6.61 Å². The van der Waals surface area contributed by atoms with Gasteiger partial charge in [0.2, 0.25) is 0 Å². The minimum Gasteiger partial charge on any atom is -0.465 e. The molecule has 0 bridgehead atoms. The van der Waals surface area contributed by atoms with Crippen molar-refractivity contribution >= 4 is 5.97 Å². The number of nitrogens with two attached hydrogens (primary N) is 1. The Morgan fingerprint density at radius 3 is 2.82 bits per heavy atom. The summed E-state index contributed by atoms with van der Waals surface area (Å²) in [6, 6.07) is -0.478. The van der Waals surface area contributed by atoms with Crippen LogP contribution < -0.4 is 5.73 Å². The minimum absolute atomic E-state index is 0.286. The highest BCUT2D eigenvalue weighted by molar-refractivity contribution is 5.74. The van der Waals surface area contributed by atoms with E-state index >= 15 is 0 Å². The summed E-state index contributed by atoms with van der Waals surface area (Å²) in [7, 11) is 0. The molecule has 0 aromatic carbocycles. The van der Waals surface area contributed by atoms with Crippen molar-refractivity contribution < 1.29 is 9.53 Å². The Morgan fingerprint density at radius 2 is 2.36 bits per heavy atom. The molecular formula is C8H15NO2. The van der Waals surface area contributed by atoms with Crippen LogP contribution in [-0.2, 0) is 9.53 Å². The van der Waals surface area contributed by atoms with E-state index in [0.29, 0.717) is 6.61 Å². The van der Waals surface area contributed by atoms with Crippen LogP contribution in [0.1, 0.15) is 26.2 Å². The third kappa shape index (κ3) is 3.37. The van der Waals surface area contributed by atoms with Gasteiger partial charge in [0.15, 0.2) is 0 Å². The van der Waals surface area contributed by atoms with Crippen LogP contribution in [0.5, 0.6) is 0 Å². The lowest BCUT2D eigenvalue weighted by molar-refractivity contribution is -0.144. The Kier molecular flexibility index (Phi) is 2.88. The van der Waals surface area contributed by atoms with Gasteiger partial charge in [-0.05, 0) is 19.3 Å². The van der Waals surface area contributed by atoms with Gasteiger partial charge in [-0.25, -0.2) is 0 Å². The Labute approximate surface area is 66.9 Å². The van der Waals surface area contributed by atoms with Crippen molar-refractivity contribution in [1.82, 2.24) is 0 Å². The zero-order chi connectivity index (χ0) is 8.27. The average molecular weight is 157 g/mol. The highest BCUT2D eigenvalue weighted by Crippen LogP contribution is 2.32. The van der Waals surface area contributed by atoms with Crippen LogP contribution in [0.2, 0.25) is 0 Å². The number of carbonyl (C=O) groups excluding carboxylic acids is 1. The molecule has 0 radical (unpaired) electrons. The van der Waals surface area contributed by atoms with Crippen molar-refractivity contribution in [2.24, 2.45) is 11.7 Å². The second-order valence-corrected chi connectivity index (χ2v) is 3.19. The topological polar surface area (TPSA) is 52.3 Å². The summed E-state index contributed by atoms with van der Waals surface area (Å²) >= 11 is 0. The summed E-state index contributed by atoms with van der Waals surface area (Å²) in [6.07, 6.45) is 3.61. The summed E-state index contributed by atoms with van der Waals surface area (Å²) in [5, 5.41) is 0. The Balaban J connectivity index is 1.96. The quantitative estimate of drug-likeness (QED) is 0.610. The maximum Gasteiger partial charge on any atom is 0.322 e. The molecule has 0 aromatic heterocycles. The molecule has 1 fully saturated rings. The zero-order valence-corrected chi connectivity index (χ0v) is 6.88. The normalized spacial score (nSPS) is 19.5. The molecule has 64 valence electrons. The van der Waals surface area contributed by atoms with Gasteiger partial charge in [0, 0.05) is 0 Å². The first-order valence-corrected chi connectivity index (χ1v) is 4.12. The van der Waals surface area contributed by atoms with E-state index in [2.05, 4.69) is 0 Å². The minimum atomic E-state index is -0.478. The molecule has 0 spiro atoms. The van der Waals surface area contributed by atoms with E-state index in [0.717, 1.165) is 12.3 Å². The molecule has 1 rings (SSSR count). The Hall–Kier alpha value is -0.570. The van der Waals surface area contributed by atoms with Gasteiger partial charge < -0.3 is 10.5 Å². The van der Waals surface area contributed by atoms with E-state index in [-0.39, 0.29) is 5.97 Å². The summed E-state index contributed by atoms with van der Waals surface area (Å²) in [6.45, 7) is 2.19. The number of hydrogen-bond donors (Lipinski definition) is 1. The standard InChI is InChI=1S/C8H15NO2/c1-6(9)8(10)11-5-4-7-2-3-7/h6-7H,2-5,9H2,1H3/t6-/m1/s1. The molecule has 0 saturated heterocycles. The monoisotopic (exact) mass is 157 g/mol. The van der Waals surface area contributed by atoms with Crippen LogP contribution in [0, 0.1) is 5.92 Å². The molecule has 0 unspecified atom stereocenters. The van der Waals surface area contributed by atoms with Gasteiger partial charge in [-0.2, -0.15) is 0 Å². The molecule has 3 nitrogen and oxygen atoms in total. The fraction of sp³-hybridized carbons (Fsp3) is 0.875. The molecule has 0 aliphatic heterocycles. The van der Waals surface area contributed by atoms with Gasteiger partial charge in [0.25, 0.3) is 0 Å². The predicted octanol–water partition coefficient (Wildman–Crippen LogP) is 0.677. The third-order valence-corrected chi connectivity index (χ3v) is 1.84. The predicted molar refractivity (Wildman–Crippen MR) is 41.9 cm³/mol. The summed E-state index contributed by atoms with van der Waals surface area (Å²) in [5.41, 5.74) is 5.29. The third-order valence-electron chi connectivity index (χ3n) is 1.84. The smallest absolute Gasteiger partial charge is 0.322 e. The maximum atomic E-state index is 10.8. The Bertz CT molecular complexity index is 141. The molecule has 11 heavy (non-hydrogen) atoms. The molecule has 1 aliphatic carbocycles. The van der Waals surface area contributed by atoms with Crippen molar-refractivity contribution in [1.29, 1.82) is 0 Å². The molecule has 2 N–H and O–H groups in total. The second kappa shape index (κ2) is 3.72. The first kappa shape index (κ1) is 8.53. The molecule has 1 saturated carbocycles. The van der Waals surface area contributed by atoms with Crippen LogP contribution >= 0.6 is 0 Å². The van der Waals surface area contributed by atoms with E-state index in [9.17, 15) is 4.79 Å². The van der Waals surface area contributed by atoms with Gasteiger partial charge in [-0.15, -0.1) is 0 Å². The second-order valence-electron chi connectivity index (χ2n) is 3.19. The number of rotatable bonds is 4. The zero-order valence-electron chi connectivity index (χ0n) is 6.88. The van der Waals surface area contributed by atoms with E-state index < -0.39 is 6.04 Å². The lowest BCUT2D eigenvalue weighted by atomic mass is 10.3. The lowest BCUT2D eigenvalue weighted by Crippen LogP contribution is -2.29. The average Bonchev–Trinajstić information content (AvgIpc) is 2.71. The fourth-order valence-electron chi connectivity index (χ4n) is 0.864. The molecule has 3 heteroatoms. The number of esters is 1.